The van der Waals surface area contributed by atoms with Crippen molar-refractivity contribution in [3.05, 3.63) is 83.9 Å². The minimum Gasteiger partial charge on any atom is -0.186 e. The highest BCUT2D eigenvalue weighted by atomic mass is 16.2. The van der Waals surface area contributed by atoms with Crippen LogP contribution >= 0.6 is 0 Å². The van der Waals surface area contributed by atoms with Crippen LogP contribution in [0.3, 0.4) is 0 Å². The predicted octanol–water partition coefficient (Wildman–Crippen LogP) is 6.33. The molecule has 27 heavy (non-hydrogen) atoms. The van der Waals surface area contributed by atoms with Crippen molar-refractivity contribution >= 4 is 16.9 Å². The Kier molecular flexibility index (Phi) is 6.57. The minimum atomic E-state index is 0.250. The van der Waals surface area contributed by atoms with Crippen LogP contribution in [0.4, 0.5) is 0 Å². The number of fused-ring (bicyclic) bond motifs is 1. The first-order valence-corrected chi connectivity index (χ1v) is 9.74. The fraction of sp³-hybridized carbons (Fsp3) is 0.320. The van der Waals surface area contributed by atoms with Gasteiger partial charge in [-0.05, 0) is 65.3 Å². The molecule has 0 N–H and O–H groups in total. The topological polar surface area (TPSA) is 34.1 Å². The van der Waals surface area contributed by atoms with Gasteiger partial charge in [0.15, 0.2) is 0 Å². The molecule has 0 radical (unpaired) electrons. The predicted molar refractivity (Wildman–Crippen MR) is 109 cm³/mol. The van der Waals surface area contributed by atoms with Gasteiger partial charge in [0, 0.05) is 0 Å². The summed E-state index contributed by atoms with van der Waals surface area (Å²) < 4.78 is 0. The van der Waals surface area contributed by atoms with Crippen molar-refractivity contribution in [3.63, 3.8) is 0 Å². The maximum Gasteiger partial charge on any atom is 0.373 e. The molecule has 1 fully saturated rings. The van der Waals surface area contributed by atoms with Crippen LogP contribution in [0.15, 0.2) is 72.8 Å². The van der Waals surface area contributed by atoms with Gasteiger partial charge in [-0.2, -0.15) is 9.59 Å². The summed E-state index contributed by atoms with van der Waals surface area (Å²) in [5.41, 5.74) is 3.06. The van der Waals surface area contributed by atoms with Crippen molar-refractivity contribution in [3.8, 4) is 0 Å². The Labute approximate surface area is 161 Å². The van der Waals surface area contributed by atoms with E-state index >= 15 is 0 Å². The lowest BCUT2D eigenvalue weighted by Crippen LogP contribution is -2.03. The lowest BCUT2D eigenvalue weighted by Gasteiger charge is -2.19. The van der Waals surface area contributed by atoms with Gasteiger partial charge < -0.3 is 0 Å². The Morgan fingerprint density at radius 2 is 1.56 bits per heavy atom. The Balaban J connectivity index is 0.000000659. The first-order chi connectivity index (χ1) is 13.2. The molecule has 2 nitrogen and oxygen atoms in total. The van der Waals surface area contributed by atoms with E-state index in [-0.39, 0.29) is 6.15 Å². The zero-order chi connectivity index (χ0) is 19.1. The Bertz CT molecular complexity index is 889. The van der Waals surface area contributed by atoms with Crippen LogP contribution in [0.5, 0.6) is 0 Å². The molecule has 2 heteroatoms. The van der Waals surface area contributed by atoms with E-state index in [1.54, 1.807) is 0 Å². The smallest absolute Gasteiger partial charge is 0.186 e. The van der Waals surface area contributed by atoms with Crippen LogP contribution in [0.2, 0.25) is 0 Å². The summed E-state index contributed by atoms with van der Waals surface area (Å²) in [7, 11) is 0. The molecule has 0 amide bonds. The average Bonchev–Trinajstić information content (AvgIpc) is 3.17. The second kappa shape index (κ2) is 9.30. The molecule has 0 aliphatic heterocycles. The zero-order valence-electron chi connectivity index (χ0n) is 15.8. The molecule has 0 spiro atoms. The highest BCUT2D eigenvalue weighted by Gasteiger charge is 2.27. The van der Waals surface area contributed by atoms with Gasteiger partial charge in [-0.3, -0.25) is 0 Å². The van der Waals surface area contributed by atoms with Gasteiger partial charge in [0.25, 0.3) is 0 Å². The molecular weight excluding hydrogens is 332 g/mol. The number of hydrogen-bond acceptors (Lipinski definition) is 2. The molecule has 0 bridgehead atoms. The lowest BCUT2D eigenvalue weighted by atomic mass is 9.86. The molecule has 3 aromatic carbocycles. The Morgan fingerprint density at radius 1 is 0.889 bits per heavy atom. The standard InChI is InChI=1S/C24H26.CO2/c1-18(23-13-7-11-21-10-5-6-12-24(21)23)16-19-14-15-22(17-19)20-8-3-2-4-9-20;2-1-3/h2-13,18-19,22H,14-17H2,1H3;/t18-,19+,22+;/m0./s1. The van der Waals surface area contributed by atoms with Crippen molar-refractivity contribution in [1.29, 1.82) is 0 Å². The maximum atomic E-state index is 8.12. The molecular formula is C25H26O2. The van der Waals surface area contributed by atoms with E-state index in [0.29, 0.717) is 5.92 Å². The molecule has 0 aromatic heterocycles. The molecule has 3 atom stereocenters. The van der Waals surface area contributed by atoms with E-state index < -0.39 is 0 Å². The molecule has 138 valence electrons. The van der Waals surface area contributed by atoms with Crippen molar-refractivity contribution in [1.82, 2.24) is 0 Å². The van der Waals surface area contributed by atoms with Crippen LogP contribution in [0.25, 0.3) is 10.8 Å². The van der Waals surface area contributed by atoms with E-state index in [1.165, 1.54) is 47.6 Å². The zero-order valence-corrected chi connectivity index (χ0v) is 15.8. The number of benzene rings is 3. The van der Waals surface area contributed by atoms with Crippen molar-refractivity contribution in [2.24, 2.45) is 5.92 Å². The maximum absolute atomic E-state index is 8.12. The van der Waals surface area contributed by atoms with E-state index in [2.05, 4.69) is 79.7 Å². The second-order valence-corrected chi connectivity index (χ2v) is 7.58. The molecule has 0 heterocycles. The van der Waals surface area contributed by atoms with Gasteiger partial charge in [0.05, 0.1) is 0 Å². The molecule has 1 saturated carbocycles. The second-order valence-electron chi connectivity index (χ2n) is 7.58. The summed E-state index contributed by atoms with van der Waals surface area (Å²) in [5.74, 6) is 2.27. The van der Waals surface area contributed by atoms with Crippen LogP contribution in [-0.2, 0) is 9.59 Å². The van der Waals surface area contributed by atoms with Crippen molar-refractivity contribution in [2.45, 2.75) is 44.4 Å². The van der Waals surface area contributed by atoms with Gasteiger partial charge in [-0.1, -0.05) is 79.7 Å². The average molecular weight is 358 g/mol. The summed E-state index contributed by atoms with van der Waals surface area (Å²) >= 11 is 0. The first kappa shape index (κ1) is 19.1. The van der Waals surface area contributed by atoms with Gasteiger partial charge in [-0.25, -0.2) is 0 Å². The quantitative estimate of drug-likeness (QED) is 0.546. The number of hydrogen-bond donors (Lipinski definition) is 0. The van der Waals surface area contributed by atoms with Crippen LogP contribution in [0, 0.1) is 5.92 Å². The van der Waals surface area contributed by atoms with E-state index in [0.717, 1.165) is 11.8 Å². The van der Waals surface area contributed by atoms with Gasteiger partial charge in [0.1, 0.15) is 0 Å². The molecule has 0 saturated heterocycles. The van der Waals surface area contributed by atoms with Crippen molar-refractivity contribution in [2.75, 3.05) is 0 Å². The minimum absolute atomic E-state index is 0.250. The van der Waals surface area contributed by atoms with Crippen LogP contribution < -0.4 is 0 Å². The van der Waals surface area contributed by atoms with Gasteiger partial charge >= 0.3 is 6.15 Å². The first-order valence-electron chi connectivity index (χ1n) is 9.74. The lowest BCUT2D eigenvalue weighted by molar-refractivity contribution is -0.191. The van der Waals surface area contributed by atoms with E-state index in [9.17, 15) is 0 Å². The fourth-order valence-corrected chi connectivity index (χ4v) is 4.62. The third-order valence-electron chi connectivity index (χ3n) is 5.85. The molecule has 3 aromatic rings. The Morgan fingerprint density at radius 3 is 2.33 bits per heavy atom. The summed E-state index contributed by atoms with van der Waals surface area (Å²) in [6, 6.07) is 26.7. The van der Waals surface area contributed by atoms with Crippen LogP contribution in [0.1, 0.15) is 55.6 Å². The largest absolute Gasteiger partial charge is 0.373 e. The highest BCUT2D eigenvalue weighted by Crippen LogP contribution is 2.43. The molecule has 1 aliphatic rings. The molecule has 1 aliphatic carbocycles. The Hall–Kier alpha value is -2.70. The van der Waals surface area contributed by atoms with E-state index in [4.69, 9.17) is 9.59 Å². The van der Waals surface area contributed by atoms with Gasteiger partial charge in [0.2, 0.25) is 0 Å². The number of carbonyl (C=O) groups excluding carboxylic acids is 2. The van der Waals surface area contributed by atoms with Crippen LogP contribution in [-0.4, -0.2) is 6.15 Å². The highest BCUT2D eigenvalue weighted by molar-refractivity contribution is 5.86. The summed E-state index contributed by atoms with van der Waals surface area (Å²) in [6.07, 6.45) is 5.67. The SMILES string of the molecule is C[C@@H](C[C@H]1CC[C@@H](c2ccccc2)C1)c1cccc2ccccc12.O=C=O. The summed E-state index contributed by atoms with van der Waals surface area (Å²) in [4.78, 5) is 16.2. The summed E-state index contributed by atoms with van der Waals surface area (Å²) in [5, 5.41) is 2.81. The third kappa shape index (κ3) is 4.72. The molecule has 4 rings (SSSR count). The molecule has 0 unspecified atom stereocenters. The summed E-state index contributed by atoms with van der Waals surface area (Å²) in [6.45, 7) is 2.41. The van der Waals surface area contributed by atoms with Crippen molar-refractivity contribution < 1.29 is 9.59 Å². The number of rotatable bonds is 4. The fourth-order valence-electron chi connectivity index (χ4n) is 4.62. The van der Waals surface area contributed by atoms with E-state index in [1.807, 2.05) is 0 Å². The van der Waals surface area contributed by atoms with Gasteiger partial charge in [-0.15, -0.1) is 0 Å². The third-order valence-corrected chi connectivity index (χ3v) is 5.85. The normalized spacial score (nSPS) is 19.7. The monoisotopic (exact) mass is 358 g/mol.